The third-order valence-corrected chi connectivity index (χ3v) is 4.15. The SMILES string of the molecule is COc1ccc(Cn2ncc(C)c2NC(=O)c2coc(CN)c2)cc1OC. The van der Waals surface area contributed by atoms with Gasteiger partial charge in [0, 0.05) is 5.56 Å². The van der Waals surface area contributed by atoms with E-state index in [1.807, 2.05) is 25.1 Å². The summed E-state index contributed by atoms with van der Waals surface area (Å²) in [6, 6.07) is 7.26. The fourth-order valence-electron chi connectivity index (χ4n) is 2.70. The summed E-state index contributed by atoms with van der Waals surface area (Å²) in [6.07, 6.45) is 3.10. The highest BCUT2D eigenvalue weighted by Gasteiger charge is 2.15. The van der Waals surface area contributed by atoms with Crippen molar-refractivity contribution in [1.82, 2.24) is 9.78 Å². The Morgan fingerprint density at radius 3 is 2.70 bits per heavy atom. The molecule has 0 spiro atoms. The molecule has 0 unspecified atom stereocenters. The van der Waals surface area contributed by atoms with E-state index in [2.05, 4.69) is 10.4 Å². The molecular weight excluding hydrogens is 348 g/mol. The molecule has 0 radical (unpaired) electrons. The van der Waals surface area contributed by atoms with Gasteiger partial charge in [-0.15, -0.1) is 0 Å². The number of rotatable bonds is 7. The van der Waals surface area contributed by atoms with Gasteiger partial charge in [-0.3, -0.25) is 4.79 Å². The number of carbonyl (C=O) groups excluding carboxylic acids is 1. The van der Waals surface area contributed by atoms with Gasteiger partial charge in [0.15, 0.2) is 11.5 Å². The highest BCUT2D eigenvalue weighted by molar-refractivity contribution is 6.04. The molecule has 3 rings (SSSR count). The summed E-state index contributed by atoms with van der Waals surface area (Å²) in [5.74, 6) is 2.18. The molecule has 3 aromatic rings. The van der Waals surface area contributed by atoms with Crippen molar-refractivity contribution in [3.63, 3.8) is 0 Å². The molecule has 0 fully saturated rings. The molecule has 1 aromatic carbocycles. The summed E-state index contributed by atoms with van der Waals surface area (Å²) in [5, 5.41) is 7.25. The van der Waals surface area contributed by atoms with E-state index in [0.29, 0.717) is 35.2 Å². The van der Waals surface area contributed by atoms with E-state index in [0.717, 1.165) is 11.1 Å². The lowest BCUT2D eigenvalue weighted by molar-refractivity contribution is 0.102. The number of amides is 1. The highest BCUT2D eigenvalue weighted by atomic mass is 16.5. The lowest BCUT2D eigenvalue weighted by Crippen LogP contribution is -2.16. The lowest BCUT2D eigenvalue weighted by Gasteiger charge is -2.12. The standard InChI is InChI=1S/C19H22N4O4/c1-12-9-21-23(10-13-4-5-16(25-2)17(6-13)26-3)18(12)22-19(24)14-7-15(8-20)27-11-14/h4-7,9,11H,8,10,20H2,1-3H3,(H,22,24). The quantitative estimate of drug-likeness (QED) is 0.662. The van der Waals surface area contributed by atoms with Gasteiger partial charge in [-0.25, -0.2) is 4.68 Å². The molecule has 0 saturated heterocycles. The molecule has 8 heteroatoms. The van der Waals surface area contributed by atoms with E-state index in [4.69, 9.17) is 19.6 Å². The van der Waals surface area contributed by atoms with Gasteiger partial charge in [0.05, 0.1) is 39.1 Å². The minimum atomic E-state index is -0.282. The Kier molecular flexibility index (Phi) is 5.46. The molecule has 0 atom stereocenters. The first kappa shape index (κ1) is 18.5. The number of benzene rings is 1. The third kappa shape index (κ3) is 3.95. The van der Waals surface area contributed by atoms with E-state index in [1.165, 1.54) is 6.26 Å². The predicted molar refractivity (Wildman–Crippen MR) is 100 cm³/mol. The number of furan rings is 1. The maximum Gasteiger partial charge on any atom is 0.260 e. The maximum atomic E-state index is 12.5. The molecule has 8 nitrogen and oxygen atoms in total. The summed E-state index contributed by atoms with van der Waals surface area (Å²) >= 11 is 0. The van der Waals surface area contributed by atoms with Crippen LogP contribution < -0.4 is 20.5 Å². The number of nitrogens with two attached hydrogens (primary N) is 1. The van der Waals surface area contributed by atoms with Crippen LogP contribution in [0.4, 0.5) is 5.82 Å². The van der Waals surface area contributed by atoms with Crippen molar-refractivity contribution in [2.45, 2.75) is 20.0 Å². The molecule has 0 saturated carbocycles. The smallest absolute Gasteiger partial charge is 0.260 e. The van der Waals surface area contributed by atoms with E-state index < -0.39 is 0 Å². The number of methoxy groups -OCH3 is 2. The Morgan fingerprint density at radius 2 is 2.04 bits per heavy atom. The molecular formula is C19H22N4O4. The number of carbonyl (C=O) groups is 1. The van der Waals surface area contributed by atoms with Gasteiger partial charge in [0.2, 0.25) is 0 Å². The minimum absolute atomic E-state index is 0.240. The van der Waals surface area contributed by atoms with Crippen molar-refractivity contribution in [2.75, 3.05) is 19.5 Å². The monoisotopic (exact) mass is 370 g/mol. The predicted octanol–water partition coefficient (Wildman–Crippen LogP) is 2.56. The minimum Gasteiger partial charge on any atom is -0.493 e. The third-order valence-electron chi connectivity index (χ3n) is 4.15. The first-order valence-corrected chi connectivity index (χ1v) is 8.37. The zero-order valence-electron chi connectivity index (χ0n) is 15.5. The van der Waals surface area contributed by atoms with E-state index >= 15 is 0 Å². The molecule has 1 amide bonds. The topological polar surface area (TPSA) is 105 Å². The highest BCUT2D eigenvalue weighted by Crippen LogP contribution is 2.28. The first-order valence-electron chi connectivity index (χ1n) is 8.37. The lowest BCUT2D eigenvalue weighted by atomic mass is 10.2. The van der Waals surface area contributed by atoms with Gasteiger partial charge >= 0.3 is 0 Å². The van der Waals surface area contributed by atoms with Crippen LogP contribution in [0.15, 0.2) is 41.1 Å². The van der Waals surface area contributed by atoms with Crippen molar-refractivity contribution in [3.8, 4) is 11.5 Å². The number of hydrogen-bond acceptors (Lipinski definition) is 6. The number of aryl methyl sites for hydroxylation is 1. The van der Waals surface area contributed by atoms with Crippen LogP contribution in [0.2, 0.25) is 0 Å². The zero-order chi connectivity index (χ0) is 19.4. The van der Waals surface area contributed by atoms with Gasteiger partial charge in [-0.1, -0.05) is 6.07 Å². The van der Waals surface area contributed by atoms with Gasteiger partial charge in [-0.2, -0.15) is 5.10 Å². The van der Waals surface area contributed by atoms with Gasteiger partial charge in [0.25, 0.3) is 5.91 Å². The molecule has 0 bridgehead atoms. The van der Waals surface area contributed by atoms with Crippen LogP contribution in [-0.2, 0) is 13.1 Å². The molecule has 3 N–H and O–H groups in total. The van der Waals surface area contributed by atoms with E-state index in [9.17, 15) is 4.79 Å². The van der Waals surface area contributed by atoms with Crippen molar-refractivity contribution in [1.29, 1.82) is 0 Å². The van der Waals surface area contributed by atoms with Crippen LogP contribution in [0.25, 0.3) is 0 Å². The Balaban J connectivity index is 1.81. The largest absolute Gasteiger partial charge is 0.493 e. The second kappa shape index (κ2) is 7.96. The second-order valence-electron chi connectivity index (χ2n) is 5.98. The van der Waals surface area contributed by atoms with Crippen molar-refractivity contribution < 1.29 is 18.7 Å². The van der Waals surface area contributed by atoms with Crippen LogP contribution >= 0.6 is 0 Å². The average Bonchev–Trinajstić information content (AvgIpc) is 3.30. The zero-order valence-corrected chi connectivity index (χ0v) is 15.5. The van der Waals surface area contributed by atoms with Crippen LogP contribution in [0.5, 0.6) is 11.5 Å². The van der Waals surface area contributed by atoms with E-state index in [-0.39, 0.29) is 12.5 Å². The van der Waals surface area contributed by atoms with Crippen LogP contribution in [0.1, 0.15) is 27.2 Å². The molecule has 2 aromatic heterocycles. The molecule has 0 aliphatic rings. The molecule has 27 heavy (non-hydrogen) atoms. The summed E-state index contributed by atoms with van der Waals surface area (Å²) < 4.78 is 17.5. The Hall–Kier alpha value is -3.26. The second-order valence-corrected chi connectivity index (χ2v) is 5.98. The molecule has 142 valence electrons. The van der Waals surface area contributed by atoms with Crippen molar-refractivity contribution >= 4 is 11.7 Å². The summed E-state index contributed by atoms with van der Waals surface area (Å²) in [5.41, 5.74) is 7.74. The molecule has 0 aliphatic heterocycles. The van der Waals surface area contributed by atoms with Gasteiger partial charge in [-0.05, 0) is 30.7 Å². The Bertz CT molecular complexity index is 945. The fraction of sp³-hybridized carbons (Fsp3) is 0.263. The number of anilines is 1. The average molecular weight is 370 g/mol. The number of aromatic nitrogens is 2. The fourth-order valence-corrected chi connectivity index (χ4v) is 2.70. The van der Waals surface area contributed by atoms with Crippen LogP contribution in [-0.4, -0.2) is 29.9 Å². The Labute approximate surface area is 156 Å². The first-order chi connectivity index (χ1) is 13.0. The summed E-state index contributed by atoms with van der Waals surface area (Å²) in [6.45, 7) is 2.58. The number of ether oxygens (including phenoxy) is 2. The number of nitrogens with zero attached hydrogens (tertiary/aromatic N) is 2. The number of hydrogen-bond donors (Lipinski definition) is 2. The van der Waals surface area contributed by atoms with Crippen molar-refractivity contribution in [2.24, 2.45) is 5.73 Å². The summed E-state index contributed by atoms with van der Waals surface area (Å²) in [4.78, 5) is 12.5. The van der Waals surface area contributed by atoms with Crippen LogP contribution in [0.3, 0.4) is 0 Å². The van der Waals surface area contributed by atoms with E-state index in [1.54, 1.807) is 31.2 Å². The normalized spacial score (nSPS) is 10.7. The van der Waals surface area contributed by atoms with Crippen molar-refractivity contribution in [3.05, 3.63) is 59.2 Å². The van der Waals surface area contributed by atoms with Gasteiger partial charge in [0.1, 0.15) is 17.8 Å². The molecule has 2 heterocycles. The van der Waals surface area contributed by atoms with Crippen LogP contribution in [0, 0.1) is 6.92 Å². The number of nitrogens with one attached hydrogen (secondary N) is 1. The maximum absolute atomic E-state index is 12.5. The molecule has 0 aliphatic carbocycles. The summed E-state index contributed by atoms with van der Waals surface area (Å²) in [7, 11) is 3.18. The van der Waals surface area contributed by atoms with Gasteiger partial charge < -0.3 is 24.9 Å². The Morgan fingerprint density at radius 1 is 1.26 bits per heavy atom.